The fraction of sp³-hybridized carbons (Fsp3) is 0.400. The summed E-state index contributed by atoms with van der Waals surface area (Å²) in [6.45, 7) is 0.813. The van der Waals surface area contributed by atoms with Gasteiger partial charge >= 0.3 is 5.97 Å². The molecule has 0 bridgehead atoms. The van der Waals surface area contributed by atoms with Crippen LogP contribution in [0, 0.1) is 6.92 Å². The molecular weight excluding hydrogens is 272 g/mol. The molecule has 1 rings (SSSR count). The van der Waals surface area contributed by atoms with Gasteiger partial charge in [-0.25, -0.2) is 4.98 Å². The molecule has 8 nitrogen and oxygen atoms in total. The van der Waals surface area contributed by atoms with Gasteiger partial charge in [0.25, 0.3) is 0 Å². The van der Waals surface area contributed by atoms with Crippen LogP contribution < -0.4 is 11.1 Å². The third-order valence-corrected chi connectivity index (χ3v) is 2.85. The van der Waals surface area contributed by atoms with Crippen LogP contribution in [-0.4, -0.2) is 52.4 Å². The molecule has 19 heavy (non-hydrogen) atoms. The molecule has 104 valence electrons. The number of hydrogen-bond acceptors (Lipinski definition) is 6. The Balaban J connectivity index is 2.54. The van der Waals surface area contributed by atoms with Crippen molar-refractivity contribution in [2.45, 2.75) is 6.92 Å². The van der Waals surface area contributed by atoms with E-state index in [0.29, 0.717) is 5.13 Å². The fourth-order valence-electron chi connectivity index (χ4n) is 1.35. The highest BCUT2D eigenvalue weighted by molar-refractivity contribution is 7.13. The third kappa shape index (κ3) is 5.93. The lowest BCUT2D eigenvalue weighted by molar-refractivity contribution is -0.138. The number of aryl methyl sites for hydroxylation is 1. The van der Waals surface area contributed by atoms with E-state index in [4.69, 9.17) is 10.8 Å². The minimum absolute atomic E-state index is 0.242. The number of hydrogen-bond donors (Lipinski definition) is 3. The van der Waals surface area contributed by atoms with Crippen molar-refractivity contribution in [3.05, 3.63) is 11.1 Å². The second-order valence-electron chi connectivity index (χ2n) is 3.85. The molecule has 0 aliphatic carbocycles. The van der Waals surface area contributed by atoms with Crippen molar-refractivity contribution in [2.24, 2.45) is 5.73 Å². The molecule has 0 saturated heterocycles. The first kappa shape index (κ1) is 15.1. The SMILES string of the molecule is Cc1csc(NC(=O)CN(CC(N)=O)CC(=O)O)n1. The van der Waals surface area contributed by atoms with Gasteiger partial charge in [-0.05, 0) is 6.92 Å². The Morgan fingerprint density at radius 1 is 1.42 bits per heavy atom. The number of primary amides is 1. The van der Waals surface area contributed by atoms with E-state index >= 15 is 0 Å². The zero-order chi connectivity index (χ0) is 14.4. The molecule has 0 spiro atoms. The third-order valence-electron chi connectivity index (χ3n) is 1.97. The van der Waals surface area contributed by atoms with Crippen molar-refractivity contribution in [3.63, 3.8) is 0 Å². The number of carboxylic acids is 1. The number of aromatic nitrogens is 1. The maximum absolute atomic E-state index is 11.7. The van der Waals surface area contributed by atoms with Crippen LogP contribution >= 0.6 is 11.3 Å². The van der Waals surface area contributed by atoms with Crippen LogP contribution in [0.5, 0.6) is 0 Å². The summed E-state index contributed by atoms with van der Waals surface area (Å²) in [5, 5.41) is 13.4. The number of thiazole rings is 1. The van der Waals surface area contributed by atoms with Crippen LogP contribution in [0.4, 0.5) is 5.13 Å². The molecule has 2 amide bonds. The standard InChI is InChI=1S/C10H14N4O4S/c1-6-5-19-10(12-6)13-8(16)3-14(2-7(11)15)4-9(17)18/h5H,2-4H2,1H3,(H2,11,15)(H,17,18)(H,12,13,16). The molecule has 0 unspecified atom stereocenters. The van der Waals surface area contributed by atoms with Gasteiger partial charge in [0.2, 0.25) is 11.8 Å². The van der Waals surface area contributed by atoms with Crippen LogP contribution in [0.2, 0.25) is 0 Å². The zero-order valence-corrected chi connectivity index (χ0v) is 11.1. The van der Waals surface area contributed by atoms with Gasteiger partial charge in [0.1, 0.15) is 0 Å². The van der Waals surface area contributed by atoms with Crippen molar-refractivity contribution in [1.29, 1.82) is 0 Å². The Bertz CT molecular complexity index is 472. The molecule has 0 aromatic carbocycles. The van der Waals surface area contributed by atoms with Crippen molar-refractivity contribution < 1.29 is 19.5 Å². The van der Waals surface area contributed by atoms with Crippen molar-refractivity contribution in [1.82, 2.24) is 9.88 Å². The first-order valence-electron chi connectivity index (χ1n) is 5.31. The highest BCUT2D eigenvalue weighted by atomic mass is 32.1. The Kier molecular flexibility index (Phi) is 5.39. The van der Waals surface area contributed by atoms with Gasteiger partial charge in [-0.1, -0.05) is 0 Å². The maximum Gasteiger partial charge on any atom is 0.317 e. The topological polar surface area (TPSA) is 126 Å². The van der Waals surface area contributed by atoms with Gasteiger partial charge in [0.05, 0.1) is 25.3 Å². The number of rotatable bonds is 7. The monoisotopic (exact) mass is 286 g/mol. The number of nitrogens with zero attached hydrogens (tertiary/aromatic N) is 2. The minimum atomic E-state index is -1.14. The summed E-state index contributed by atoms with van der Waals surface area (Å²) < 4.78 is 0. The number of nitrogens with one attached hydrogen (secondary N) is 1. The summed E-state index contributed by atoms with van der Waals surface area (Å²) >= 11 is 1.26. The molecule has 4 N–H and O–H groups in total. The Morgan fingerprint density at radius 2 is 2.11 bits per heavy atom. The first-order chi connectivity index (χ1) is 8.86. The lowest BCUT2D eigenvalue weighted by atomic mass is 10.4. The predicted molar refractivity (Wildman–Crippen MR) is 68.8 cm³/mol. The van der Waals surface area contributed by atoms with Gasteiger partial charge in [-0.3, -0.25) is 19.3 Å². The lowest BCUT2D eigenvalue weighted by Gasteiger charge is -2.17. The Labute approximate surface area is 113 Å². The summed E-state index contributed by atoms with van der Waals surface area (Å²) in [6.07, 6.45) is 0. The summed E-state index contributed by atoms with van der Waals surface area (Å²) in [5.41, 5.74) is 5.76. The van der Waals surface area contributed by atoms with Crippen molar-refractivity contribution in [2.75, 3.05) is 25.0 Å². The van der Waals surface area contributed by atoms with E-state index in [-0.39, 0.29) is 13.1 Å². The van der Waals surface area contributed by atoms with Crippen LogP contribution in [-0.2, 0) is 14.4 Å². The van der Waals surface area contributed by atoms with Crippen molar-refractivity contribution >= 4 is 34.3 Å². The fourth-order valence-corrected chi connectivity index (χ4v) is 2.06. The minimum Gasteiger partial charge on any atom is -0.480 e. The highest BCUT2D eigenvalue weighted by Gasteiger charge is 2.16. The van der Waals surface area contributed by atoms with E-state index in [2.05, 4.69) is 10.3 Å². The summed E-state index contributed by atoms with van der Waals surface area (Å²) in [4.78, 5) is 38.2. The quantitative estimate of drug-likeness (QED) is 0.606. The van der Waals surface area contributed by atoms with Crippen LogP contribution in [0.1, 0.15) is 5.69 Å². The molecule has 0 atom stereocenters. The number of anilines is 1. The van der Waals surface area contributed by atoms with E-state index in [1.807, 2.05) is 0 Å². The number of nitrogens with two attached hydrogens (primary N) is 1. The largest absolute Gasteiger partial charge is 0.480 e. The van der Waals surface area contributed by atoms with E-state index in [1.54, 1.807) is 12.3 Å². The van der Waals surface area contributed by atoms with E-state index in [0.717, 1.165) is 10.6 Å². The van der Waals surface area contributed by atoms with Crippen molar-refractivity contribution in [3.8, 4) is 0 Å². The summed E-state index contributed by atoms with van der Waals surface area (Å²) in [5.74, 6) is -2.28. The number of aliphatic carboxylic acids is 1. The molecule has 0 fully saturated rings. The van der Waals surface area contributed by atoms with Crippen LogP contribution in [0.15, 0.2) is 5.38 Å². The Morgan fingerprint density at radius 3 is 2.58 bits per heavy atom. The van der Waals surface area contributed by atoms with E-state index < -0.39 is 24.3 Å². The molecule has 1 aromatic rings. The summed E-state index contributed by atoms with van der Waals surface area (Å²) in [7, 11) is 0. The molecule has 0 radical (unpaired) electrons. The average molecular weight is 286 g/mol. The van der Waals surface area contributed by atoms with Gasteiger partial charge in [-0.15, -0.1) is 11.3 Å². The average Bonchev–Trinajstić information content (AvgIpc) is 2.61. The van der Waals surface area contributed by atoms with Gasteiger partial charge in [0, 0.05) is 5.38 Å². The predicted octanol–water partition coefficient (Wildman–Crippen LogP) is -0.738. The molecule has 0 aliphatic heterocycles. The second kappa shape index (κ2) is 6.81. The smallest absolute Gasteiger partial charge is 0.317 e. The molecule has 1 heterocycles. The highest BCUT2D eigenvalue weighted by Crippen LogP contribution is 2.14. The number of amides is 2. The molecule has 0 aliphatic rings. The van der Waals surface area contributed by atoms with Crippen LogP contribution in [0.25, 0.3) is 0 Å². The van der Waals surface area contributed by atoms with Crippen LogP contribution in [0.3, 0.4) is 0 Å². The Hall–Kier alpha value is -2.00. The second-order valence-corrected chi connectivity index (χ2v) is 4.71. The molecule has 0 saturated carbocycles. The molecule has 9 heteroatoms. The molecular formula is C10H14N4O4S. The number of carboxylic acid groups (broad SMARTS) is 1. The number of carbonyl (C=O) groups is 3. The van der Waals surface area contributed by atoms with Gasteiger partial charge in [0.15, 0.2) is 5.13 Å². The van der Waals surface area contributed by atoms with E-state index in [1.165, 1.54) is 11.3 Å². The molecule has 1 aromatic heterocycles. The van der Waals surface area contributed by atoms with Gasteiger partial charge in [-0.2, -0.15) is 0 Å². The first-order valence-corrected chi connectivity index (χ1v) is 6.19. The summed E-state index contributed by atoms with van der Waals surface area (Å²) in [6, 6.07) is 0. The number of carbonyl (C=O) groups excluding carboxylic acids is 2. The lowest BCUT2D eigenvalue weighted by Crippen LogP contribution is -2.41. The zero-order valence-electron chi connectivity index (χ0n) is 10.3. The van der Waals surface area contributed by atoms with Gasteiger partial charge < -0.3 is 16.2 Å². The van der Waals surface area contributed by atoms with E-state index in [9.17, 15) is 14.4 Å². The maximum atomic E-state index is 11.7. The normalized spacial score (nSPS) is 10.4.